The first-order valence-electron chi connectivity index (χ1n) is 6.77. The molecule has 0 bridgehead atoms. The van der Waals surface area contributed by atoms with Crippen LogP contribution >= 0.6 is 0 Å². The minimum absolute atomic E-state index is 0.0261. The highest BCUT2D eigenvalue weighted by Crippen LogP contribution is 2.37. The summed E-state index contributed by atoms with van der Waals surface area (Å²) in [7, 11) is 0. The second-order valence-corrected chi connectivity index (χ2v) is 5.70. The van der Waals surface area contributed by atoms with Crippen LogP contribution in [0.5, 0.6) is 0 Å². The van der Waals surface area contributed by atoms with Crippen molar-refractivity contribution >= 4 is 0 Å². The molecular weight excluding hydrogens is 243 g/mol. The van der Waals surface area contributed by atoms with E-state index in [4.69, 9.17) is 0 Å². The smallest absolute Gasteiger partial charge is 0.391 e. The van der Waals surface area contributed by atoms with Crippen molar-refractivity contribution in [1.29, 1.82) is 0 Å². The SMILES string of the molecule is C[C@H](CN[C@@H]1CCC[C@@H](C(F)(F)F)C1)C[C@H](C)O. The van der Waals surface area contributed by atoms with Crippen molar-refractivity contribution in [2.24, 2.45) is 11.8 Å². The first kappa shape index (κ1) is 15.8. The Morgan fingerprint density at radius 1 is 1.28 bits per heavy atom. The zero-order valence-corrected chi connectivity index (χ0v) is 11.1. The van der Waals surface area contributed by atoms with Gasteiger partial charge in [-0.1, -0.05) is 13.3 Å². The lowest BCUT2D eigenvalue weighted by molar-refractivity contribution is -0.183. The molecule has 0 aromatic rings. The van der Waals surface area contributed by atoms with Crippen LogP contribution in [0.15, 0.2) is 0 Å². The maximum Gasteiger partial charge on any atom is 0.391 e. The van der Waals surface area contributed by atoms with E-state index in [1.165, 1.54) is 0 Å². The molecule has 0 amide bonds. The van der Waals surface area contributed by atoms with Crippen molar-refractivity contribution in [3.63, 3.8) is 0 Å². The van der Waals surface area contributed by atoms with Crippen molar-refractivity contribution < 1.29 is 18.3 Å². The summed E-state index contributed by atoms with van der Waals surface area (Å²) in [6, 6.07) is -0.0261. The van der Waals surface area contributed by atoms with Gasteiger partial charge in [0, 0.05) is 6.04 Å². The van der Waals surface area contributed by atoms with Gasteiger partial charge in [-0.3, -0.25) is 0 Å². The lowest BCUT2D eigenvalue weighted by Crippen LogP contribution is -2.40. The third-order valence-corrected chi connectivity index (χ3v) is 3.64. The lowest BCUT2D eigenvalue weighted by Gasteiger charge is -2.32. The van der Waals surface area contributed by atoms with Gasteiger partial charge in [-0.15, -0.1) is 0 Å². The standard InChI is InChI=1S/C13H24F3NO/c1-9(6-10(2)18)8-17-12-5-3-4-11(7-12)13(14,15)16/h9-12,17-18H,3-8H2,1-2H3/t9-,10-,11+,12+/m0/s1. The maximum atomic E-state index is 12.6. The molecule has 0 radical (unpaired) electrons. The van der Waals surface area contributed by atoms with E-state index < -0.39 is 12.1 Å². The van der Waals surface area contributed by atoms with Gasteiger partial charge in [0.15, 0.2) is 0 Å². The lowest BCUT2D eigenvalue weighted by atomic mass is 9.85. The van der Waals surface area contributed by atoms with E-state index in [0.29, 0.717) is 19.4 Å². The third-order valence-electron chi connectivity index (χ3n) is 3.64. The molecule has 4 atom stereocenters. The minimum atomic E-state index is -4.05. The summed E-state index contributed by atoms with van der Waals surface area (Å²) < 4.78 is 37.9. The molecule has 1 aliphatic rings. The highest BCUT2D eigenvalue weighted by Gasteiger charge is 2.41. The molecule has 108 valence electrons. The van der Waals surface area contributed by atoms with Crippen LogP contribution in [0.4, 0.5) is 13.2 Å². The fraction of sp³-hybridized carbons (Fsp3) is 1.00. The normalized spacial score (nSPS) is 29.0. The second kappa shape index (κ2) is 6.75. The number of hydrogen-bond donors (Lipinski definition) is 2. The number of nitrogens with one attached hydrogen (secondary N) is 1. The number of hydrogen-bond acceptors (Lipinski definition) is 2. The first-order valence-corrected chi connectivity index (χ1v) is 6.77. The van der Waals surface area contributed by atoms with Gasteiger partial charge in [-0.05, 0) is 45.1 Å². The molecule has 0 spiro atoms. The van der Waals surface area contributed by atoms with Crippen LogP contribution in [0.25, 0.3) is 0 Å². The van der Waals surface area contributed by atoms with E-state index in [-0.39, 0.29) is 30.9 Å². The Labute approximate surface area is 107 Å². The number of aliphatic hydroxyl groups excluding tert-OH is 1. The largest absolute Gasteiger partial charge is 0.393 e. The summed E-state index contributed by atoms with van der Waals surface area (Å²) in [5, 5.41) is 12.4. The maximum absolute atomic E-state index is 12.6. The highest BCUT2D eigenvalue weighted by atomic mass is 19.4. The molecule has 1 rings (SSSR count). The molecule has 18 heavy (non-hydrogen) atoms. The van der Waals surface area contributed by atoms with Gasteiger partial charge in [-0.25, -0.2) is 0 Å². The molecule has 2 nitrogen and oxygen atoms in total. The van der Waals surface area contributed by atoms with Crippen LogP contribution < -0.4 is 5.32 Å². The Balaban J connectivity index is 2.30. The van der Waals surface area contributed by atoms with Gasteiger partial charge in [-0.2, -0.15) is 13.2 Å². The van der Waals surface area contributed by atoms with Crippen LogP contribution in [0.2, 0.25) is 0 Å². The van der Waals surface area contributed by atoms with Gasteiger partial charge in [0.05, 0.1) is 12.0 Å². The van der Waals surface area contributed by atoms with Crippen LogP contribution in [0.1, 0.15) is 46.0 Å². The molecular formula is C13H24F3NO. The molecule has 0 aromatic carbocycles. The van der Waals surface area contributed by atoms with Crippen molar-refractivity contribution in [2.75, 3.05) is 6.54 Å². The van der Waals surface area contributed by atoms with Crippen LogP contribution in [-0.4, -0.2) is 30.0 Å². The van der Waals surface area contributed by atoms with Crippen LogP contribution in [-0.2, 0) is 0 Å². The first-order chi connectivity index (χ1) is 8.29. The summed E-state index contributed by atoms with van der Waals surface area (Å²) in [6.45, 7) is 4.42. The fourth-order valence-electron chi connectivity index (χ4n) is 2.71. The number of rotatable bonds is 5. The van der Waals surface area contributed by atoms with Crippen molar-refractivity contribution in [2.45, 2.75) is 64.3 Å². The van der Waals surface area contributed by atoms with Crippen molar-refractivity contribution in [3.05, 3.63) is 0 Å². The Kier molecular flexibility index (Phi) is 5.92. The van der Waals surface area contributed by atoms with E-state index in [0.717, 1.165) is 6.42 Å². The predicted molar refractivity (Wildman–Crippen MR) is 65.3 cm³/mol. The van der Waals surface area contributed by atoms with Crippen molar-refractivity contribution in [1.82, 2.24) is 5.32 Å². The molecule has 0 heterocycles. The van der Waals surface area contributed by atoms with E-state index in [2.05, 4.69) is 5.32 Å². The third kappa shape index (κ3) is 5.57. The molecule has 0 aromatic heterocycles. The average Bonchev–Trinajstić information content (AvgIpc) is 2.25. The van der Waals surface area contributed by atoms with Gasteiger partial charge in [0.25, 0.3) is 0 Å². The molecule has 1 fully saturated rings. The van der Waals surface area contributed by atoms with Crippen molar-refractivity contribution in [3.8, 4) is 0 Å². The molecule has 2 N–H and O–H groups in total. The quantitative estimate of drug-likeness (QED) is 0.802. The van der Waals surface area contributed by atoms with Gasteiger partial charge in [0.2, 0.25) is 0 Å². The number of alkyl halides is 3. The van der Waals surface area contributed by atoms with Gasteiger partial charge in [0.1, 0.15) is 0 Å². The average molecular weight is 267 g/mol. The Morgan fingerprint density at radius 3 is 2.50 bits per heavy atom. The van der Waals surface area contributed by atoms with Crippen LogP contribution in [0, 0.1) is 11.8 Å². The Hall–Kier alpha value is -0.290. The fourth-order valence-corrected chi connectivity index (χ4v) is 2.71. The summed E-state index contributed by atoms with van der Waals surface area (Å²) in [5.41, 5.74) is 0. The number of halogens is 3. The van der Waals surface area contributed by atoms with Gasteiger partial charge < -0.3 is 10.4 Å². The molecule has 0 unspecified atom stereocenters. The molecule has 5 heteroatoms. The number of aliphatic hydroxyl groups is 1. The molecule has 1 aliphatic carbocycles. The second-order valence-electron chi connectivity index (χ2n) is 5.70. The minimum Gasteiger partial charge on any atom is -0.393 e. The molecule has 0 aliphatic heterocycles. The molecule has 0 saturated heterocycles. The van der Waals surface area contributed by atoms with E-state index >= 15 is 0 Å². The summed E-state index contributed by atoms with van der Waals surface area (Å²) in [6.07, 6.45) is -1.78. The highest BCUT2D eigenvalue weighted by molar-refractivity contribution is 4.82. The van der Waals surface area contributed by atoms with E-state index in [9.17, 15) is 18.3 Å². The Bertz CT molecular complexity index is 243. The summed E-state index contributed by atoms with van der Waals surface area (Å²) in [5.74, 6) is -0.855. The summed E-state index contributed by atoms with van der Waals surface area (Å²) >= 11 is 0. The van der Waals surface area contributed by atoms with E-state index in [1.807, 2.05) is 6.92 Å². The topological polar surface area (TPSA) is 32.3 Å². The van der Waals surface area contributed by atoms with Gasteiger partial charge >= 0.3 is 6.18 Å². The van der Waals surface area contributed by atoms with E-state index in [1.54, 1.807) is 6.92 Å². The van der Waals surface area contributed by atoms with Crippen LogP contribution in [0.3, 0.4) is 0 Å². The zero-order valence-electron chi connectivity index (χ0n) is 11.1. The Morgan fingerprint density at radius 2 is 1.94 bits per heavy atom. The monoisotopic (exact) mass is 267 g/mol. The predicted octanol–water partition coefficient (Wildman–Crippen LogP) is 3.10. The zero-order chi connectivity index (χ0) is 13.8. The molecule has 1 saturated carbocycles. The summed E-state index contributed by atoms with van der Waals surface area (Å²) in [4.78, 5) is 0.